The van der Waals surface area contributed by atoms with Crippen LogP contribution in [0.15, 0.2) is 54.6 Å². The highest BCUT2D eigenvalue weighted by atomic mass is 16.5. The molecule has 1 unspecified atom stereocenters. The van der Waals surface area contributed by atoms with E-state index in [1.165, 1.54) is 4.90 Å². The van der Waals surface area contributed by atoms with Crippen LogP contribution >= 0.6 is 0 Å². The van der Waals surface area contributed by atoms with Crippen LogP contribution in [-0.2, 0) is 9.59 Å². The molecular formula is C20H22N2O3. The molecule has 1 atom stereocenters. The molecule has 1 heterocycles. The maximum atomic E-state index is 12.8. The first kappa shape index (κ1) is 17.0. The van der Waals surface area contributed by atoms with E-state index >= 15 is 0 Å². The Kier molecular flexibility index (Phi) is 5.03. The molecule has 1 saturated heterocycles. The molecule has 0 aliphatic carbocycles. The summed E-state index contributed by atoms with van der Waals surface area (Å²) in [6, 6.07) is 16.2. The first-order valence-corrected chi connectivity index (χ1v) is 8.49. The molecular weight excluding hydrogens is 316 g/mol. The molecule has 0 N–H and O–H groups in total. The van der Waals surface area contributed by atoms with Crippen molar-refractivity contribution in [1.29, 1.82) is 0 Å². The molecule has 0 radical (unpaired) electrons. The highest BCUT2D eigenvalue weighted by Gasteiger charge is 2.41. The number of para-hydroxylation sites is 1. The van der Waals surface area contributed by atoms with E-state index in [-0.39, 0.29) is 18.2 Å². The van der Waals surface area contributed by atoms with Gasteiger partial charge in [-0.3, -0.25) is 9.59 Å². The summed E-state index contributed by atoms with van der Waals surface area (Å²) in [6.07, 6.45) is 1.11. The lowest BCUT2D eigenvalue weighted by molar-refractivity contribution is -0.121. The second-order valence-electron chi connectivity index (χ2n) is 6.08. The normalized spacial score (nSPS) is 17.0. The topological polar surface area (TPSA) is 49.9 Å². The Morgan fingerprint density at radius 1 is 1.08 bits per heavy atom. The van der Waals surface area contributed by atoms with Crippen LogP contribution in [0.3, 0.4) is 0 Å². The predicted octanol–water partition coefficient (Wildman–Crippen LogP) is 3.24. The molecule has 0 saturated carbocycles. The standard InChI is InChI=1S/C20H22N2O3/c1-3-13-25-17-11-9-16(10-12-17)22-19(23)14-18(20(22)24)21(2)15-7-5-4-6-8-15/h4-12,18H,3,13-14H2,1-2H3. The Labute approximate surface area is 147 Å². The molecule has 2 amide bonds. The van der Waals surface area contributed by atoms with E-state index in [9.17, 15) is 9.59 Å². The van der Waals surface area contributed by atoms with E-state index in [0.29, 0.717) is 12.3 Å². The maximum Gasteiger partial charge on any atom is 0.256 e. The fraction of sp³-hybridized carbons (Fsp3) is 0.300. The molecule has 3 rings (SSSR count). The number of hydrogen-bond acceptors (Lipinski definition) is 4. The van der Waals surface area contributed by atoms with E-state index in [2.05, 4.69) is 0 Å². The van der Waals surface area contributed by atoms with Gasteiger partial charge in [0.05, 0.1) is 18.7 Å². The Morgan fingerprint density at radius 2 is 1.76 bits per heavy atom. The highest BCUT2D eigenvalue weighted by molar-refractivity contribution is 6.23. The van der Waals surface area contributed by atoms with Crippen molar-refractivity contribution < 1.29 is 14.3 Å². The minimum absolute atomic E-state index is 0.179. The molecule has 1 fully saturated rings. The van der Waals surface area contributed by atoms with Gasteiger partial charge in [0.1, 0.15) is 11.8 Å². The number of anilines is 2. The van der Waals surface area contributed by atoms with Crippen LogP contribution in [-0.4, -0.2) is 31.5 Å². The number of likely N-dealkylation sites (N-methyl/N-ethyl adjacent to an activating group) is 1. The third kappa shape index (κ3) is 3.50. The summed E-state index contributed by atoms with van der Waals surface area (Å²) in [5.41, 5.74) is 1.50. The zero-order chi connectivity index (χ0) is 17.8. The van der Waals surface area contributed by atoms with Gasteiger partial charge in [0, 0.05) is 12.7 Å². The number of imide groups is 1. The molecule has 1 aliphatic rings. The molecule has 2 aromatic rings. The average molecular weight is 338 g/mol. The lowest BCUT2D eigenvalue weighted by atomic mass is 10.2. The van der Waals surface area contributed by atoms with Crippen LogP contribution in [0.2, 0.25) is 0 Å². The van der Waals surface area contributed by atoms with Crippen molar-refractivity contribution in [3.63, 3.8) is 0 Å². The number of carbonyl (C=O) groups excluding carboxylic acids is 2. The minimum Gasteiger partial charge on any atom is -0.494 e. The predicted molar refractivity (Wildman–Crippen MR) is 98.0 cm³/mol. The van der Waals surface area contributed by atoms with Gasteiger partial charge >= 0.3 is 0 Å². The van der Waals surface area contributed by atoms with Crippen LogP contribution in [0, 0.1) is 0 Å². The molecule has 130 valence electrons. The van der Waals surface area contributed by atoms with Crippen LogP contribution in [0.5, 0.6) is 5.75 Å². The van der Waals surface area contributed by atoms with E-state index in [0.717, 1.165) is 17.9 Å². The van der Waals surface area contributed by atoms with Crippen LogP contribution in [0.1, 0.15) is 19.8 Å². The second kappa shape index (κ2) is 7.38. The number of nitrogens with zero attached hydrogens (tertiary/aromatic N) is 2. The quantitative estimate of drug-likeness (QED) is 0.759. The van der Waals surface area contributed by atoms with E-state index in [4.69, 9.17) is 4.74 Å². The molecule has 5 nitrogen and oxygen atoms in total. The fourth-order valence-electron chi connectivity index (χ4n) is 2.94. The third-order valence-corrected chi connectivity index (χ3v) is 4.32. The van der Waals surface area contributed by atoms with Crippen molar-refractivity contribution in [2.75, 3.05) is 23.5 Å². The average Bonchev–Trinajstić information content (AvgIpc) is 2.95. The zero-order valence-electron chi connectivity index (χ0n) is 14.5. The third-order valence-electron chi connectivity index (χ3n) is 4.32. The van der Waals surface area contributed by atoms with Gasteiger partial charge in [-0.25, -0.2) is 4.90 Å². The maximum absolute atomic E-state index is 12.8. The Morgan fingerprint density at radius 3 is 2.40 bits per heavy atom. The molecule has 0 aromatic heterocycles. The van der Waals surface area contributed by atoms with Gasteiger partial charge < -0.3 is 9.64 Å². The molecule has 25 heavy (non-hydrogen) atoms. The van der Waals surface area contributed by atoms with Gasteiger partial charge in [-0.2, -0.15) is 0 Å². The lowest BCUT2D eigenvalue weighted by Crippen LogP contribution is -2.40. The number of rotatable bonds is 6. The smallest absolute Gasteiger partial charge is 0.256 e. The Hall–Kier alpha value is -2.82. The molecule has 0 bridgehead atoms. The second-order valence-corrected chi connectivity index (χ2v) is 6.08. The Bertz CT molecular complexity index is 743. The summed E-state index contributed by atoms with van der Waals surface area (Å²) in [5.74, 6) is 0.362. The summed E-state index contributed by atoms with van der Waals surface area (Å²) >= 11 is 0. The first-order chi connectivity index (χ1) is 12.1. The van der Waals surface area contributed by atoms with E-state index < -0.39 is 6.04 Å². The number of benzene rings is 2. The SMILES string of the molecule is CCCOc1ccc(N2C(=O)CC(N(C)c3ccccc3)C2=O)cc1. The number of hydrogen-bond donors (Lipinski definition) is 0. The van der Waals surface area contributed by atoms with Crippen molar-refractivity contribution >= 4 is 23.2 Å². The number of ether oxygens (including phenoxy) is 1. The molecule has 0 spiro atoms. The van der Waals surface area contributed by atoms with Crippen LogP contribution in [0.25, 0.3) is 0 Å². The molecule has 5 heteroatoms. The zero-order valence-corrected chi connectivity index (χ0v) is 14.5. The monoisotopic (exact) mass is 338 g/mol. The molecule has 1 aliphatic heterocycles. The van der Waals surface area contributed by atoms with Crippen LogP contribution in [0.4, 0.5) is 11.4 Å². The highest BCUT2D eigenvalue weighted by Crippen LogP contribution is 2.29. The lowest BCUT2D eigenvalue weighted by Gasteiger charge is -2.25. The summed E-state index contributed by atoms with van der Waals surface area (Å²) in [7, 11) is 1.84. The van der Waals surface area contributed by atoms with Crippen LogP contribution < -0.4 is 14.5 Å². The minimum atomic E-state index is -0.481. The van der Waals surface area contributed by atoms with Gasteiger partial charge in [0.25, 0.3) is 5.91 Å². The van der Waals surface area contributed by atoms with Gasteiger partial charge in [-0.1, -0.05) is 25.1 Å². The summed E-state index contributed by atoms with van der Waals surface area (Å²) < 4.78 is 5.55. The summed E-state index contributed by atoms with van der Waals surface area (Å²) in [5, 5.41) is 0. The van der Waals surface area contributed by atoms with Crippen molar-refractivity contribution in [2.24, 2.45) is 0 Å². The fourth-order valence-corrected chi connectivity index (χ4v) is 2.94. The van der Waals surface area contributed by atoms with Crippen molar-refractivity contribution in [1.82, 2.24) is 0 Å². The van der Waals surface area contributed by atoms with Gasteiger partial charge in [0.2, 0.25) is 5.91 Å². The van der Waals surface area contributed by atoms with E-state index in [1.807, 2.05) is 49.2 Å². The largest absolute Gasteiger partial charge is 0.494 e. The van der Waals surface area contributed by atoms with Gasteiger partial charge in [0.15, 0.2) is 0 Å². The van der Waals surface area contributed by atoms with Gasteiger partial charge in [-0.15, -0.1) is 0 Å². The van der Waals surface area contributed by atoms with Gasteiger partial charge in [-0.05, 0) is 42.8 Å². The van der Waals surface area contributed by atoms with Crippen molar-refractivity contribution in [3.05, 3.63) is 54.6 Å². The summed E-state index contributed by atoms with van der Waals surface area (Å²) in [4.78, 5) is 28.4. The van der Waals surface area contributed by atoms with Crippen molar-refractivity contribution in [2.45, 2.75) is 25.8 Å². The van der Waals surface area contributed by atoms with E-state index in [1.54, 1.807) is 24.3 Å². The number of carbonyl (C=O) groups is 2. The first-order valence-electron chi connectivity index (χ1n) is 8.49. The summed E-state index contributed by atoms with van der Waals surface area (Å²) in [6.45, 7) is 2.68. The van der Waals surface area contributed by atoms with Crippen molar-refractivity contribution in [3.8, 4) is 5.75 Å². The Balaban J connectivity index is 1.77. The number of amides is 2. The molecule has 2 aromatic carbocycles.